The van der Waals surface area contributed by atoms with Crippen LogP contribution in [0.5, 0.6) is 0 Å². The molecule has 0 saturated carbocycles. The quantitative estimate of drug-likeness (QED) is 0.899. The molecule has 0 aliphatic carbocycles. The van der Waals surface area contributed by atoms with Crippen LogP contribution in [0.1, 0.15) is 29.8 Å². The van der Waals surface area contributed by atoms with E-state index in [4.69, 9.17) is 5.73 Å². The average molecular weight is 322 g/mol. The fourth-order valence-electron chi connectivity index (χ4n) is 1.23. The second-order valence-corrected chi connectivity index (χ2v) is 5.38. The molecule has 0 radical (unpaired) electrons. The largest absolute Gasteiger partial charge is 0.346 e. The summed E-state index contributed by atoms with van der Waals surface area (Å²) in [6.45, 7) is 6.18. The van der Waals surface area contributed by atoms with Crippen molar-refractivity contribution in [3.05, 3.63) is 33.8 Å². The van der Waals surface area contributed by atoms with Crippen molar-refractivity contribution in [1.29, 1.82) is 0 Å². The Hall–Kier alpha value is -0.580. The first kappa shape index (κ1) is 16.4. The van der Waals surface area contributed by atoms with Crippen molar-refractivity contribution in [2.24, 2.45) is 5.73 Å². The van der Waals surface area contributed by atoms with E-state index >= 15 is 0 Å². The maximum atomic E-state index is 12.0. The van der Waals surface area contributed by atoms with Gasteiger partial charge >= 0.3 is 0 Å². The molecule has 1 amide bonds. The third kappa shape index (κ3) is 4.66. The number of halogens is 2. The van der Waals surface area contributed by atoms with E-state index in [1.807, 2.05) is 32.9 Å². The van der Waals surface area contributed by atoms with Crippen molar-refractivity contribution in [2.45, 2.75) is 26.3 Å². The lowest BCUT2D eigenvalue weighted by atomic mass is 10.0. The van der Waals surface area contributed by atoms with Crippen LogP contribution in [0.15, 0.2) is 22.7 Å². The van der Waals surface area contributed by atoms with Gasteiger partial charge < -0.3 is 11.1 Å². The SMILES string of the molecule is Cc1ccc(C(=O)NC(C)(C)CN)c(Br)c1.Cl. The van der Waals surface area contributed by atoms with Crippen LogP contribution in [-0.4, -0.2) is 18.0 Å². The van der Waals surface area contributed by atoms with Gasteiger partial charge in [0.15, 0.2) is 0 Å². The molecule has 0 fully saturated rings. The monoisotopic (exact) mass is 320 g/mol. The van der Waals surface area contributed by atoms with E-state index in [-0.39, 0.29) is 23.9 Å². The number of nitrogens with one attached hydrogen (secondary N) is 1. The van der Waals surface area contributed by atoms with E-state index in [1.165, 1.54) is 0 Å². The van der Waals surface area contributed by atoms with E-state index in [2.05, 4.69) is 21.2 Å². The lowest BCUT2D eigenvalue weighted by molar-refractivity contribution is 0.0915. The van der Waals surface area contributed by atoms with Crippen LogP contribution in [0.3, 0.4) is 0 Å². The molecule has 1 aromatic carbocycles. The van der Waals surface area contributed by atoms with Gasteiger partial charge in [0.2, 0.25) is 0 Å². The highest BCUT2D eigenvalue weighted by Crippen LogP contribution is 2.18. The minimum absolute atomic E-state index is 0. The summed E-state index contributed by atoms with van der Waals surface area (Å²) in [6, 6.07) is 5.64. The number of rotatable bonds is 3. The summed E-state index contributed by atoms with van der Waals surface area (Å²) in [6.07, 6.45) is 0. The molecule has 0 bridgehead atoms. The van der Waals surface area contributed by atoms with Crippen molar-refractivity contribution in [3.63, 3.8) is 0 Å². The number of aryl methyl sites for hydroxylation is 1. The zero-order valence-electron chi connectivity index (χ0n) is 10.2. The topological polar surface area (TPSA) is 55.1 Å². The van der Waals surface area contributed by atoms with Gasteiger partial charge in [-0.15, -0.1) is 12.4 Å². The lowest BCUT2D eigenvalue weighted by Crippen LogP contribution is -2.48. The molecule has 96 valence electrons. The third-order valence-electron chi connectivity index (χ3n) is 2.33. The normalized spacial score (nSPS) is 10.6. The lowest BCUT2D eigenvalue weighted by Gasteiger charge is -2.24. The minimum atomic E-state index is -0.387. The molecule has 1 rings (SSSR count). The Morgan fingerprint density at radius 3 is 2.53 bits per heavy atom. The summed E-state index contributed by atoms with van der Waals surface area (Å²) < 4.78 is 0.804. The molecule has 5 heteroatoms. The van der Waals surface area contributed by atoms with Gasteiger partial charge in [-0.05, 0) is 54.4 Å². The van der Waals surface area contributed by atoms with Gasteiger partial charge in [0.05, 0.1) is 5.56 Å². The van der Waals surface area contributed by atoms with E-state index in [0.29, 0.717) is 12.1 Å². The molecular weight excluding hydrogens is 304 g/mol. The highest BCUT2D eigenvalue weighted by atomic mass is 79.9. The van der Waals surface area contributed by atoms with Gasteiger partial charge in [-0.3, -0.25) is 4.79 Å². The molecule has 0 saturated heterocycles. The Kier molecular flexibility index (Phi) is 6.16. The van der Waals surface area contributed by atoms with E-state index in [9.17, 15) is 4.79 Å². The van der Waals surface area contributed by atoms with E-state index < -0.39 is 0 Å². The maximum absolute atomic E-state index is 12.0. The van der Waals surface area contributed by atoms with Crippen molar-refractivity contribution >= 4 is 34.2 Å². The van der Waals surface area contributed by atoms with Crippen LogP contribution in [0, 0.1) is 6.92 Å². The molecular formula is C12H18BrClN2O. The molecule has 3 nitrogen and oxygen atoms in total. The molecule has 0 aliphatic heterocycles. The molecule has 1 aromatic rings. The molecule has 3 N–H and O–H groups in total. The van der Waals surface area contributed by atoms with Crippen molar-refractivity contribution < 1.29 is 4.79 Å². The van der Waals surface area contributed by atoms with Crippen LogP contribution < -0.4 is 11.1 Å². The Morgan fingerprint density at radius 2 is 2.06 bits per heavy atom. The summed E-state index contributed by atoms with van der Waals surface area (Å²) >= 11 is 3.39. The zero-order valence-corrected chi connectivity index (χ0v) is 12.6. The number of carbonyl (C=O) groups excluding carboxylic acids is 1. The van der Waals surface area contributed by atoms with Gasteiger partial charge in [-0.1, -0.05) is 6.07 Å². The zero-order chi connectivity index (χ0) is 12.3. The van der Waals surface area contributed by atoms with E-state index in [0.717, 1.165) is 10.0 Å². The molecule has 0 heterocycles. The highest BCUT2D eigenvalue weighted by molar-refractivity contribution is 9.10. The Balaban J connectivity index is 0.00000256. The van der Waals surface area contributed by atoms with Crippen molar-refractivity contribution in [3.8, 4) is 0 Å². The van der Waals surface area contributed by atoms with E-state index in [1.54, 1.807) is 6.07 Å². The smallest absolute Gasteiger partial charge is 0.252 e. The molecule has 0 aliphatic rings. The number of benzene rings is 1. The third-order valence-corrected chi connectivity index (χ3v) is 2.99. The van der Waals surface area contributed by atoms with Crippen LogP contribution in [0.25, 0.3) is 0 Å². The number of carbonyl (C=O) groups is 1. The summed E-state index contributed by atoms with van der Waals surface area (Å²) in [5.41, 5.74) is 6.93. The number of hydrogen-bond donors (Lipinski definition) is 2. The number of hydrogen-bond acceptors (Lipinski definition) is 2. The van der Waals surface area contributed by atoms with Crippen molar-refractivity contribution in [1.82, 2.24) is 5.32 Å². The molecule has 17 heavy (non-hydrogen) atoms. The van der Waals surface area contributed by atoms with Gasteiger partial charge in [0, 0.05) is 16.6 Å². The highest BCUT2D eigenvalue weighted by Gasteiger charge is 2.20. The van der Waals surface area contributed by atoms with Crippen LogP contribution in [0.2, 0.25) is 0 Å². The van der Waals surface area contributed by atoms with Crippen LogP contribution in [-0.2, 0) is 0 Å². The maximum Gasteiger partial charge on any atom is 0.252 e. The van der Waals surface area contributed by atoms with Crippen molar-refractivity contribution in [2.75, 3.05) is 6.54 Å². The second kappa shape index (κ2) is 6.38. The Morgan fingerprint density at radius 1 is 1.47 bits per heavy atom. The average Bonchev–Trinajstić information content (AvgIpc) is 2.16. The van der Waals surface area contributed by atoms with Crippen LogP contribution >= 0.6 is 28.3 Å². The summed E-state index contributed by atoms with van der Waals surface area (Å²) in [4.78, 5) is 12.0. The first-order chi connectivity index (χ1) is 7.35. The predicted molar refractivity (Wildman–Crippen MR) is 76.7 cm³/mol. The fourth-order valence-corrected chi connectivity index (χ4v) is 1.90. The summed E-state index contributed by atoms with van der Waals surface area (Å²) in [5.74, 6) is -0.109. The first-order valence-electron chi connectivity index (χ1n) is 5.14. The Bertz CT molecular complexity index is 407. The predicted octanol–water partition coefficient (Wildman–Crippen LogP) is 2.65. The first-order valence-corrected chi connectivity index (χ1v) is 5.94. The van der Waals surface area contributed by atoms with Gasteiger partial charge in [0.25, 0.3) is 5.91 Å². The van der Waals surface area contributed by atoms with Gasteiger partial charge in [-0.25, -0.2) is 0 Å². The number of amides is 1. The van der Waals surface area contributed by atoms with Gasteiger partial charge in [-0.2, -0.15) is 0 Å². The summed E-state index contributed by atoms with van der Waals surface area (Å²) in [7, 11) is 0. The number of nitrogens with two attached hydrogens (primary N) is 1. The standard InChI is InChI=1S/C12H17BrN2O.ClH/c1-8-4-5-9(10(13)6-8)11(16)15-12(2,3)7-14;/h4-6H,7,14H2,1-3H3,(H,15,16);1H. The molecule has 0 aromatic heterocycles. The molecule has 0 atom stereocenters. The second-order valence-electron chi connectivity index (χ2n) is 4.53. The Labute approximate surface area is 117 Å². The molecule has 0 unspecified atom stereocenters. The minimum Gasteiger partial charge on any atom is -0.346 e. The molecule has 0 spiro atoms. The fraction of sp³-hybridized carbons (Fsp3) is 0.417. The summed E-state index contributed by atoms with van der Waals surface area (Å²) in [5, 5.41) is 2.89. The van der Waals surface area contributed by atoms with Gasteiger partial charge in [0.1, 0.15) is 0 Å². The van der Waals surface area contributed by atoms with Crippen LogP contribution in [0.4, 0.5) is 0 Å².